The van der Waals surface area contributed by atoms with Gasteiger partial charge in [-0.25, -0.2) is 0 Å². The molecule has 2 nitrogen and oxygen atoms in total. The van der Waals surface area contributed by atoms with Crippen molar-refractivity contribution < 1.29 is 0 Å². The Bertz CT molecular complexity index is 485. The molecule has 0 radical (unpaired) electrons. The van der Waals surface area contributed by atoms with E-state index in [0.717, 1.165) is 19.4 Å². The molecule has 1 unspecified atom stereocenters. The van der Waals surface area contributed by atoms with Crippen molar-refractivity contribution in [2.24, 2.45) is 0 Å². The van der Waals surface area contributed by atoms with Gasteiger partial charge in [0.15, 0.2) is 0 Å². The van der Waals surface area contributed by atoms with Gasteiger partial charge in [-0.3, -0.25) is 4.98 Å². The van der Waals surface area contributed by atoms with Crippen LogP contribution in [-0.4, -0.2) is 11.5 Å². The molecule has 0 aliphatic rings. The van der Waals surface area contributed by atoms with Crippen molar-refractivity contribution >= 4 is 11.3 Å². The fourth-order valence-electron chi connectivity index (χ4n) is 2.12. The maximum Gasteiger partial charge on any atom is 0.0455 e. The van der Waals surface area contributed by atoms with E-state index >= 15 is 0 Å². The summed E-state index contributed by atoms with van der Waals surface area (Å²) < 4.78 is 0. The Hall–Kier alpha value is -1.19. The number of aromatic nitrogens is 1. The number of pyridine rings is 1. The van der Waals surface area contributed by atoms with Crippen LogP contribution in [0.1, 0.15) is 40.3 Å². The molecule has 3 heteroatoms. The van der Waals surface area contributed by atoms with Crippen LogP contribution in [0.2, 0.25) is 0 Å². The Morgan fingerprint density at radius 3 is 2.58 bits per heavy atom. The van der Waals surface area contributed by atoms with Gasteiger partial charge in [0.1, 0.15) is 0 Å². The summed E-state index contributed by atoms with van der Waals surface area (Å²) in [4.78, 5) is 6.96. The topological polar surface area (TPSA) is 24.9 Å². The summed E-state index contributed by atoms with van der Waals surface area (Å²) in [6, 6.07) is 6.95. The number of aryl methyl sites for hydroxylation is 2. The molecule has 2 rings (SSSR count). The van der Waals surface area contributed by atoms with Gasteiger partial charge in [0.25, 0.3) is 0 Å². The van der Waals surface area contributed by atoms with E-state index in [2.05, 4.69) is 49.3 Å². The molecule has 0 amide bonds. The van der Waals surface area contributed by atoms with Gasteiger partial charge in [-0.1, -0.05) is 6.92 Å². The Morgan fingerprint density at radius 1 is 1.26 bits per heavy atom. The van der Waals surface area contributed by atoms with Crippen molar-refractivity contribution in [2.45, 2.75) is 39.7 Å². The Kier molecular flexibility index (Phi) is 5.11. The van der Waals surface area contributed by atoms with E-state index in [1.54, 1.807) is 0 Å². The van der Waals surface area contributed by atoms with Crippen LogP contribution in [0.15, 0.2) is 30.6 Å². The number of thiophene rings is 1. The quantitative estimate of drug-likeness (QED) is 0.860. The zero-order valence-corrected chi connectivity index (χ0v) is 12.8. The van der Waals surface area contributed by atoms with Crippen LogP contribution in [-0.2, 0) is 6.42 Å². The van der Waals surface area contributed by atoms with E-state index in [0.29, 0.717) is 6.04 Å². The molecule has 102 valence electrons. The highest BCUT2D eigenvalue weighted by Crippen LogP contribution is 2.28. The average molecular weight is 274 g/mol. The normalized spacial score (nSPS) is 12.6. The maximum atomic E-state index is 4.09. The first-order chi connectivity index (χ1) is 9.20. The highest BCUT2D eigenvalue weighted by molar-refractivity contribution is 7.12. The minimum atomic E-state index is 0.416. The second-order valence-corrected chi connectivity index (χ2v) is 6.24. The van der Waals surface area contributed by atoms with Gasteiger partial charge in [0.2, 0.25) is 0 Å². The van der Waals surface area contributed by atoms with Crippen LogP contribution < -0.4 is 5.32 Å². The molecule has 2 aromatic heterocycles. The molecule has 0 fully saturated rings. The molecule has 0 saturated heterocycles. The summed E-state index contributed by atoms with van der Waals surface area (Å²) in [5.74, 6) is 0. The van der Waals surface area contributed by atoms with Crippen molar-refractivity contribution in [3.63, 3.8) is 0 Å². The molecule has 0 aromatic carbocycles. The van der Waals surface area contributed by atoms with Gasteiger partial charge in [0.05, 0.1) is 0 Å². The standard InChI is InChI=1S/C16H22N2S/c1-4-7-18-15(11-14-5-8-17-9-6-14)16-10-12(2)13(3)19-16/h5-6,8-10,15,18H,4,7,11H2,1-3H3. The highest BCUT2D eigenvalue weighted by Gasteiger charge is 2.14. The molecule has 0 aliphatic heterocycles. The van der Waals surface area contributed by atoms with Crippen LogP contribution in [0.4, 0.5) is 0 Å². The summed E-state index contributed by atoms with van der Waals surface area (Å²) in [7, 11) is 0. The second-order valence-electron chi connectivity index (χ2n) is 4.95. The van der Waals surface area contributed by atoms with Gasteiger partial charge >= 0.3 is 0 Å². The number of hydrogen-bond acceptors (Lipinski definition) is 3. The lowest BCUT2D eigenvalue weighted by atomic mass is 10.1. The van der Waals surface area contributed by atoms with Crippen LogP contribution >= 0.6 is 11.3 Å². The first-order valence-electron chi connectivity index (χ1n) is 6.90. The third-order valence-electron chi connectivity index (χ3n) is 3.36. The van der Waals surface area contributed by atoms with Crippen molar-refractivity contribution in [3.05, 3.63) is 51.5 Å². The molecule has 0 bridgehead atoms. The lowest BCUT2D eigenvalue weighted by molar-refractivity contribution is 0.536. The largest absolute Gasteiger partial charge is 0.309 e. The lowest BCUT2D eigenvalue weighted by Crippen LogP contribution is -2.23. The number of nitrogens with one attached hydrogen (secondary N) is 1. The summed E-state index contributed by atoms with van der Waals surface area (Å²) in [5, 5.41) is 3.66. The van der Waals surface area contributed by atoms with E-state index < -0.39 is 0 Å². The van der Waals surface area contributed by atoms with Crippen molar-refractivity contribution in [2.75, 3.05) is 6.54 Å². The van der Waals surface area contributed by atoms with Crippen molar-refractivity contribution in [1.29, 1.82) is 0 Å². The predicted molar refractivity (Wildman–Crippen MR) is 82.8 cm³/mol. The molecule has 1 atom stereocenters. The molecule has 0 spiro atoms. The number of hydrogen-bond donors (Lipinski definition) is 1. The van der Waals surface area contributed by atoms with Gasteiger partial charge in [-0.15, -0.1) is 11.3 Å². The second kappa shape index (κ2) is 6.83. The van der Waals surface area contributed by atoms with E-state index in [9.17, 15) is 0 Å². The van der Waals surface area contributed by atoms with E-state index in [1.807, 2.05) is 23.7 Å². The first kappa shape index (κ1) is 14.2. The summed E-state index contributed by atoms with van der Waals surface area (Å²) in [6.07, 6.45) is 5.94. The van der Waals surface area contributed by atoms with E-state index in [-0.39, 0.29) is 0 Å². The lowest BCUT2D eigenvalue weighted by Gasteiger charge is -2.17. The third kappa shape index (κ3) is 3.88. The molecule has 1 N–H and O–H groups in total. The number of nitrogens with zero attached hydrogens (tertiary/aromatic N) is 1. The van der Waals surface area contributed by atoms with E-state index in [4.69, 9.17) is 0 Å². The van der Waals surface area contributed by atoms with Gasteiger partial charge in [-0.05, 0) is 62.6 Å². The Labute approximate surface area is 119 Å². The van der Waals surface area contributed by atoms with Crippen LogP contribution in [0.25, 0.3) is 0 Å². The Morgan fingerprint density at radius 2 is 2.00 bits per heavy atom. The molecule has 19 heavy (non-hydrogen) atoms. The molecule has 0 aliphatic carbocycles. The fraction of sp³-hybridized carbons (Fsp3) is 0.438. The monoisotopic (exact) mass is 274 g/mol. The van der Waals surface area contributed by atoms with Gasteiger partial charge < -0.3 is 5.32 Å². The van der Waals surface area contributed by atoms with Gasteiger partial charge in [0, 0.05) is 28.2 Å². The fourth-order valence-corrected chi connectivity index (χ4v) is 3.24. The molecule has 2 heterocycles. The summed E-state index contributed by atoms with van der Waals surface area (Å²) in [6.45, 7) is 7.67. The molecular formula is C16H22N2S. The number of rotatable bonds is 6. The minimum absolute atomic E-state index is 0.416. The zero-order valence-electron chi connectivity index (χ0n) is 11.9. The van der Waals surface area contributed by atoms with Gasteiger partial charge in [-0.2, -0.15) is 0 Å². The predicted octanol–water partition coefficient (Wildman–Crippen LogP) is 4.04. The molecule has 2 aromatic rings. The van der Waals surface area contributed by atoms with Crippen molar-refractivity contribution in [1.82, 2.24) is 10.3 Å². The third-order valence-corrected chi connectivity index (χ3v) is 4.62. The van der Waals surface area contributed by atoms with Crippen LogP contribution in [0.3, 0.4) is 0 Å². The van der Waals surface area contributed by atoms with Crippen LogP contribution in [0.5, 0.6) is 0 Å². The minimum Gasteiger partial charge on any atom is -0.309 e. The maximum absolute atomic E-state index is 4.09. The van der Waals surface area contributed by atoms with E-state index in [1.165, 1.54) is 20.9 Å². The molecular weight excluding hydrogens is 252 g/mol. The van der Waals surface area contributed by atoms with Crippen LogP contribution in [0, 0.1) is 13.8 Å². The highest BCUT2D eigenvalue weighted by atomic mass is 32.1. The summed E-state index contributed by atoms with van der Waals surface area (Å²) in [5.41, 5.74) is 2.74. The smallest absolute Gasteiger partial charge is 0.0455 e. The first-order valence-corrected chi connectivity index (χ1v) is 7.71. The van der Waals surface area contributed by atoms with Crippen molar-refractivity contribution in [3.8, 4) is 0 Å². The zero-order chi connectivity index (χ0) is 13.7. The molecule has 0 saturated carbocycles. The Balaban J connectivity index is 2.15. The summed E-state index contributed by atoms with van der Waals surface area (Å²) >= 11 is 1.91. The SMILES string of the molecule is CCCNC(Cc1ccncc1)c1cc(C)c(C)s1. The average Bonchev–Trinajstić information content (AvgIpc) is 2.76.